The van der Waals surface area contributed by atoms with Crippen LogP contribution in [0.5, 0.6) is 0 Å². The molecule has 4 aromatic rings. The minimum absolute atomic E-state index is 0.218. The van der Waals surface area contributed by atoms with E-state index in [9.17, 15) is 9.90 Å². The summed E-state index contributed by atoms with van der Waals surface area (Å²) >= 11 is 1.37. The third-order valence-electron chi connectivity index (χ3n) is 5.21. The van der Waals surface area contributed by atoms with Crippen molar-refractivity contribution in [1.29, 1.82) is 0 Å². The summed E-state index contributed by atoms with van der Waals surface area (Å²) in [7, 11) is 0. The molecule has 0 spiro atoms. The first kappa shape index (κ1) is 21.8. The number of nitrogens with one attached hydrogen (secondary N) is 1. The molecule has 3 heterocycles. The Kier molecular flexibility index (Phi) is 6.39. The zero-order valence-corrected chi connectivity index (χ0v) is 18.9. The number of nitrogens with zero attached hydrogens (tertiary/aromatic N) is 3. The molecular formula is C25H24N4O2S. The molecule has 0 bridgehead atoms. The SMILES string of the molecule is Cc1ccc(-c2cc(C(=O)N[C@H](C)c3ccc(C)nc3)cc(C(O)c3nccs3)c2)nc1. The predicted molar refractivity (Wildman–Crippen MR) is 125 cm³/mol. The second-order valence-corrected chi connectivity index (χ2v) is 8.69. The van der Waals surface area contributed by atoms with E-state index in [1.807, 2.05) is 56.5 Å². The van der Waals surface area contributed by atoms with Crippen molar-refractivity contribution in [3.63, 3.8) is 0 Å². The van der Waals surface area contributed by atoms with Crippen molar-refractivity contribution in [1.82, 2.24) is 20.3 Å². The smallest absolute Gasteiger partial charge is 0.251 e. The fourth-order valence-electron chi connectivity index (χ4n) is 3.34. The van der Waals surface area contributed by atoms with Crippen molar-refractivity contribution in [2.45, 2.75) is 32.9 Å². The van der Waals surface area contributed by atoms with Gasteiger partial charge in [0.25, 0.3) is 5.91 Å². The van der Waals surface area contributed by atoms with Crippen LogP contribution < -0.4 is 5.32 Å². The highest BCUT2D eigenvalue weighted by molar-refractivity contribution is 7.09. The molecule has 32 heavy (non-hydrogen) atoms. The number of carbonyl (C=O) groups excluding carboxylic acids is 1. The van der Waals surface area contributed by atoms with Gasteiger partial charge in [-0.1, -0.05) is 12.1 Å². The third-order valence-corrected chi connectivity index (χ3v) is 6.04. The molecule has 0 saturated heterocycles. The maximum Gasteiger partial charge on any atom is 0.251 e. The van der Waals surface area contributed by atoms with Crippen molar-refractivity contribution in [2.24, 2.45) is 0 Å². The van der Waals surface area contributed by atoms with Gasteiger partial charge in [0.2, 0.25) is 0 Å². The van der Waals surface area contributed by atoms with Gasteiger partial charge in [0.05, 0.1) is 11.7 Å². The fourth-order valence-corrected chi connectivity index (χ4v) is 3.99. The summed E-state index contributed by atoms with van der Waals surface area (Å²) in [5, 5.41) is 16.3. The lowest BCUT2D eigenvalue weighted by Crippen LogP contribution is -2.27. The normalized spacial score (nSPS) is 12.9. The lowest BCUT2D eigenvalue weighted by atomic mass is 9.99. The Morgan fingerprint density at radius 2 is 1.84 bits per heavy atom. The number of hydrogen-bond donors (Lipinski definition) is 2. The quantitative estimate of drug-likeness (QED) is 0.446. The standard InChI is InChI=1S/C25H24N4O2S/c1-15-4-7-22(28-13-15)19-10-20(23(30)25-26-8-9-32-25)12-21(11-19)24(31)29-17(3)18-6-5-16(2)27-14-18/h4-14,17,23,30H,1-3H3,(H,29,31)/t17-,23?/m1/s1. The van der Waals surface area contributed by atoms with Crippen LogP contribution in [0.3, 0.4) is 0 Å². The molecular weight excluding hydrogens is 420 g/mol. The van der Waals surface area contributed by atoms with Crippen LogP contribution in [0.2, 0.25) is 0 Å². The van der Waals surface area contributed by atoms with Crippen molar-refractivity contribution in [3.8, 4) is 11.3 Å². The van der Waals surface area contributed by atoms with E-state index >= 15 is 0 Å². The first-order valence-corrected chi connectivity index (χ1v) is 11.2. The van der Waals surface area contributed by atoms with E-state index in [2.05, 4.69) is 20.3 Å². The van der Waals surface area contributed by atoms with Crippen LogP contribution in [0.15, 0.2) is 66.4 Å². The summed E-state index contributed by atoms with van der Waals surface area (Å²) in [6.07, 6.45) is 4.28. The van der Waals surface area contributed by atoms with Gasteiger partial charge in [-0.2, -0.15) is 0 Å². The number of hydrogen-bond acceptors (Lipinski definition) is 6. The lowest BCUT2D eigenvalue weighted by Gasteiger charge is -2.17. The topological polar surface area (TPSA) is 88.0 Å². The first-order chi connectivity index (χ1) is 15.4. The number of aliphatic hydroxyl groups is 1. The zero-order chi connectivity index (χ0) is 22.7. The molecule has 0 aliphatic carbocycles. The van der Waals surface area contributed by atoms with Crippen LogP contribution in [0.4, 0.5) is 0 Å². The number of benzene rings is 1. The summed E-state index contributed by atoms with van der Waals surface area (Å²) in [5.74, 6) is -0.236. The molecule has 0 radical (unpaired) electrons. The molecule has 0 aliphatic rings. The Morgan fingerprint density at radius 3 is 2.50 bits per heavy atom. The molecule has 1 unspecified atom stereocenters. The van der Waals surface area contributed by atoms with Crippen molar-refractivity contribution >= 4 is 17.2 Å². The second kappa shape index (κ2) is 9.38. The van der Waals surface area contributed by atoms with Crippen LogP contribution in [-0.4, -0.2) is 26.0 Å². The molecule has 162 valence electrons. The number of aryl methyl sites for hydroxylation is 2. The van der Waals surface area contributed by atoms with E-state index in [-0.39, 0.29) is 11.9 Å². The van der Waals surface area contributed by atoms with Crippen molar-refractivity contribution in [3.05, 3.63) is 99.4 Å². The van der Waals surface area contributed by atoms with Gasteiger partial charge in [0.15, 0.2) is 0 Å². The molecule has 3 aromatic heterocycles. The molecule has 0 saturated carbocycles. The predicted octanol–water partition coefficient (Wildman–Crippen LogP) is 4.79. The molecule has 6 nitrogen and oxygen atoms in total. The summed E-state index contributed by atoms with van der Waals surface area (Å²) in [5.41, 5.74) is 5.42. The summed E-state index contributed by atoms with van der Waals surface area (Å²) < 4.78 is 0. The monoisotopic (exact) mass is 444 g/mol. The van der Waals surface area contributed by atoms with Gasteiger partial charge in [-0.05, 0) is 67.8 Å². The molecule has 0 fully saturated rings. The van der Waals surface area contributed by atoms with E-state index in [0.29, 0.717) is 16.1 Å². The van der Waals surface area contributed by atoms with E-state index in [0.717, 1.165) is 28.1 Å². The van der Waals surface area contributed by atoms with E-state index in [1.54, 1.807) is 30.7 Å². The van der Waals surface area contributed by atoms with Crippen molar-refractivity contribution < 1.29 is 9.90 Å². The number of rotatable bonds is 6. The molecule has 1 aromatic carbocycles. The largest absolute Gasteiger partial charge is 0.381 e. The number of carbonyl (C=O) groups is 1. The molecule has 2 atom stereocenters. The number of aliphatic hydroxyl groups excluding tert-OH is 1. The summed E-state index contributed by atoms with van der Waals surface area (Å²) in [6, 6.07) is 12.9. The van der Waals surface area contributed by atoms with Gasteiger partial charge >= 0.3 is 0 Å². The maximum atomic E-state index is 13.1. The zero-order valence-electron chi connectivity index (χ0n) is 18.1. The lowest BCUT2D eigenvalue weighted by molar-refractivity contribution is 0.0939. The average Bonchev–Trinajstić information content (AvgIpc) is 3.34. The average molecular weight is 445 g/mol. The van der Waals surface area contributed by atoms with Crippen LogP contribution in [0, 0.1) is 13.8 Å². The highest BCUT2D eigenvalue weighted by Crippen LogP contribution is 2.29. The Hall–Kier alpha value is -3.42. The Labute approximate surface area is 191 Å². The van der Waals surface area contributed by atoms with Gasteiger partial charge in [-0.3, -0.25) is 14.8 Å². The van der Waals surface area contributed by atoms with Crippen LogP contribution in [-0.2, 0) is 0 Å². The molecule has 0 aliphatic heterocycles. The van der Waals surface area contributed by atoms with E-state index < -0.39 is 6.10 Å². The first-order valence-electron chi connectivity index (χ1n) is 10.3. The van der Waals surface area contributed by atoms with Crippen LogP contribution in [0.1, 0.15) is 56.8 Å². The number of pyridine rings is 2. The molecule has 4 rings (SSSR count). The number of thiazole rings is 1. The molecule has 7 heteroatoms. The molecule has 1 amide bonds. The van der Waals surface area contributed by atoms with Gasteiger partial charge < -0.3 is 10.4 Å². The fraction of sp³-hybridized carbons (Fsp3) is 0.200. The van der Waals surface area contributed by atoms with Crippen LogP contribution >= 0.6 is 11.3 Å². The highest BCUT2D eigenvalue weighted by atomic mass is 32.1. The number of amides is 1. The van der Waals surface area contributed by atoms with Gasteiger partial charge in [0, 0.05) is 40.8 Å². The van der Waals surface area contributed by atoms with Crippen LogP contribution in [0.25, 0.3) is 11.3 Å². The van der Waals surface area contributed by atoms with E-state index in [4.69, 9.17) is 0 Å². The highest BCUT2D eigenvalue weighted by Gasteiger charge is 2.19. The summed E-state index contributed by atoms with van der Waals surface area (Å²) in [4.78, 5) is 26.2. The van der Waals surface area contributed by atoms with Crippen molar-refractivity contribution in [2.75, 3.05) is 0 Å². The third kappa shape index (κ3) is 4.90. The Bertz CT molecular complexity index is 1210. The van der Waals surface area contributed by atoms with Gasteiger partial charge in [-0.15, -0.1) is 11.3 Å². The minimum Gasteiger partial charge on any atom is -0.381 e. The Morgan fingerprint density at radius 1 is 1.00 bits per heavy atom. The second-order valence-electron chi connectivity index (χ2n) is 7.77. The molecule has 2 N–H and O–H groups in total. The Balaban J connectivity index is 1.68. The summed E-state index contributed by atoms with van der Waals surface area (Å²) in [6.45, 7) is 5.81. The number of aromatic nitrogens is 3. The minimum atomic E-state index is -0.925. The maximum absolute atomic E-state index is 13.1. The van der Waals surface area contributed by atoms with Gasteiger partial charge in [-0.25, -0.2) is 4.98 Å². The van der Waals surface area contributed by atoms with Gasteiger partial charge in [0.1, 0.15) is 11.1 Å². The van der Waals surface area contributed by atoms with E-state index in [1.165, 1.54) is 11.3 Å².